The second-order valence-electron chi connectivity index (χ2n) is 11.3. The molecule has 4 rings (SSSR count). The Balaban J connectivity index is 1.67. The normalized spacial score (nSPS) is 17.2. The minimum atomic E-state index is -0.753. The third-order valence-electron chi connectivity index (χ3n) is 6.55. The summed E-state index contributed by atoms with van der Waals surface area (Å²) in [5.74, 6) is 0.390. The number of carbonyl (C=O) groups excluding carboxylic acids is 2. The molecule has 0 saturated carbocycles. The molecule has 43 heavy (non-hydrogen) atoms. The topological polar surface area (TPSA) is 112 Å². The van der Waals surface area contributed by atoms with Crippen LogP contribution in [0.5, 0.6) is 0 Å². The van der Waals surface area contributed by atoms with Crippen LogP contribution in [0.3, 0.4) is 0 Å². The van der Waals surface area contributed by atoms with Gasteiger partial charge in [-0.2, -0.15) is 0 Å². The molecule has 12 heteroatoms. The molecule has 0 bridgehead atoms. The van der Waals surface area contributed by atoms with Crippen molar-refractivity contribution in [2.45, 2.75) is 65.1 Å². The maximum absolute atomic E-state index is 13.7. The molecule has 2 saturated heterocycles. The number of nitrogens with zero attached hydrogens (tertiary/aromatic N) is 3. The van der Waals surface area contributed by atoms with Gasteiger partial charge in [0.1, 0.15) is 18.0 Å². The van der Waals surface area contributed by atoms with E-state index in [-0.39, 0.29) is 26.0 Å². The maximum Gasteiger partial charge on any atom is 0.416 e. The summed E-state index contributed by atoms with van der Waals surface area (Å²) < 4.78 is 28.2. The molecule has 2 aliphatic heterocycles. The summed E-state index contributed by atoms with van der Waals surface area (Å²) in [5, 5.41) is 3.03. The van der Waals surface area contributed by atoms with Crippen molar-refractivity contribution in [3.63, 3.8) is 0 Å². The van der Waals surface area contributed by atoms with Gasteiger partial charge in [-0.05, 0) is 69.9 Å². The van der Waals surface area contributed by atoms with E-state index in [0.29, 0.717) is 60.7 Å². The lowest BCUT2D eigenvalue weighted by atomic mass is 10.1. The van der Waals surface area contributed by atoms with Crippen molar-refractivity contribution in [2.75, 3.05) is 54.6 Å². The standard InChI is InChI=1S/C31H41ClN4O7/c1-5-11-41-29(37)34-24-16-22(15-23(32)17-24)20-36(30(38)43-31(2,3)4)27-19-26(35-9-13-39-14-10-35)18-25(33-27)21-42-28-8-6-7-12-40-28/h5,15-19,28H,1,6-14,20-21H2,2-4H3,(H,34,37). The van der Waals surface area contributed by atoms with Crippen LogP contribution in [0.25, 0.3) is 0 Å². The summed E-state index contributed by atoms with van der Waals surface area (Å²) in [6.45, 7) is 12.6. The molecule has 3 heterocycles. The summed E-state index contributed by atoms with van der Waals surface area (Å²) in [7, 11) is 0. The van der Waals surface area contributed by atoms with Crippen LogP contribution < -0.4 is 15.1 Å². The minimum absolute atomic E-state index is 0.0652. The van der Waals surface area contributed by atoms with Gasteiger partial charge in [0.25, 0.3) is 0 Å². The Morgan fingerprint density at radius 2 is 1.95 bits per heavy atom. The number of halogens is 1. The van der Waals surface area contributed by atoms with E-state index in [2.05, 4.69) is 16.8 Å². The molecular formula is C31H41ClN4O7. The van der Waals surface area contributed by atoms with Gasteiger partial charge in [0.15, 0.2) is 6.29 Å². The summed E-state index contributed by atoms with van der Waals surface area (Å²) in [4.78, 5) is 34.3. The van der Waals surface area contributed by atoms with Gasteiger partial charge in [-0.15, -0.1) is 0 Å². The van der Waals surface area contributed by atoms with Gasteiger partial charge >= 0.3 is 12.2 Å². The van der Waals surface area contributed by atoms with Crippen LogP contribution in [0.1, 0.15) is 51.3 Å². The van der Waals surface area contributed by atoms with Crippen LogP contribution in [-0.4, -0.2) is 68.6 Å². The van der Waals surface area contributed by atoms with Gasteiger partial charge in [0.2, 0.25) is 0 Å². The lowest BCUT2D eigenvalue weighted by Crippen LogP contribution is -2.38. The zero-order chi connectivity index (χ0) is 30.8. The monoisotopic (exact) mass is 616 g/mol. The number of rotatable bonds is 10. The Morgan fingerprint density at radius 3 is 2.65 bits per heavy atom. The molecule has 2 fully saturated rings. The van der Waals surface area contributed by atoms with E-state index in [1.807, 2.05) is 12.1 Å². The smallest absolute Gasteiger partial charge is 0.416 e. The predicted octanol–water partition coefficient (Wildman–Crippen LogP) is 6.29. The minimum Gasteiger partial charge on any atom is -0.445 e. The lowest BCUT2D eigenvalue weighted by molar-refractivity contribution is -0.169. The van der Waals surface area contributed by atoms with Crippen molar-refractivity contribution in [3.8, 4) is 0 Å². The molecule has 1 unspecified atom stereocenters. The molecule has 2 aromatic rings. The predicted molar refractivity (Wildman–Crippen MR) is 165 cm³/mol. The lowest BCUT2D eigenvalue weighted by Gasteiger charge is -2.31. The summed E-state index contributed by atoms with van der Waals surface area (Å²) >= 11 is 6.41. The number of ether oxygens (including phenoxy) is 5. The Bertz CT molecular complexity index is 1260. The quantitative estimate of drug-likeness (QED) is 0.308. The molecule has 0 radical (unpaired) electrons. The zero-order valence-electron chi connectivity index (χ0n) is 25.1. The number of anilines is 3. The molecule has 1 aromatic carbocycles. The van der Waals surface area contributed by atoms with Gasteiger partial charge in [-0.1, -0.05) is 24.3 Å². The number of amides is 2. The van der Waals surface area contributed by atoms with Gasteiger partial charge in [-0.25, -0.2) is 14.6 Å². The van der Waals surface area contributed by atoms with Crippen LogP contribution in [-0.2, 0) is 36.8 Å². The van der Waals surface area contributed by atoms with Crippen molar-refractivity contribution in [3.05, 3.63) is 59.3 Å². The molecule has 234 valence electrons. The van der Waals surface area contributed by atoms with E-state index in [9.17, 15) is 9.59 Å². The highest BCUT2D eigenvalue weighted by Gasteiger charge is 2.27. The largest absolute Gasteiger partial charge is 0.445 e. The van der Waals surface area contributed by atoms with Crippen molar-refractivity contribution in [2.24, 2.45) is 0 Å². The van der Waals surface area contributed by atoms with Crippen molar-refractivity contribution >= 4 is 41.0 Å². The molecule has 2 amide bonds. The maximum atomic E-state index is 13.7. The second kappa shape index (κ2) is 15.4. The highest BCUT2D eigenvalue weighted by atomic mass is 35.5. The van der Waals surface area contributed by atoms with E-state index in [4.69, 9.17) is 40.3 Å². The molecule has 1 aromatic heterocycles. The number of morpholine rings is 1. The van der Waals surface area contributed by atoms with Gasteiger partial charge in [0, 0.05) is 42.2 Å². The Kier molecular flexibility index (Phi) is 11.6. The van der Waals surface area contributed by atoms with Crippen molar-refractivity contribution < 1.29 is 33.3 Å². The van der Waals surface area contributed by atoms with Crippen LogP contribution in [0.15, 0.2) is 43.0 Å². The fourth-order valence-electron chi connectivity index (χ4n) is 4.63. The molecule has 11 nitrogen and oxygen atoms in total. The van der Waals surface area contributed by atoms with Gasteiger partial charge < -0.3 is 28.6 Å². The highest BCUT2D eigenvalue weighted by molar-refractivity contribution is 6.31. The van der Waals surface area contributed by atoms with Gasteiger partial charge in [-0.3, -0.25) is 10.2 Å². The highest BCUT2D eigenvalue weighted by Crippen LogP contribution is 2.29. The first kappa shape index (κ1) is 32.5. The fraction of sp³-hybridized carbons (Fsp3) is 0.516. The third kappa shape index (κ3) is 10.4. The summed E-state index contributed by atoms with van der Waals surface area (Å²) in [5.41, 5.74) is 1.85. The first-order valence-electron chi connectivity index (χ1n) is 14.5. The first-order valence-corrected chi connectivity index (χ1v) is 14.9. The number of benzene rings is 1. The first-order chi connectivity index (χ1) is 20.6. The van der Waals surface area contributed by atoms with E-state index in [1.54, 1.807) is 39.0 Å². The number of carbonyl (C=O) groups is 2. The Morgan fingerprint density at radius 1 is 1.16 bits per heavy atom. The summed E-state index contributed by atoms with van der Waals surface area (Å²) in [6.07, 6.45) is 2.85. The molecule has 2 aliphatic rings. The third-order valence-corrected chi connectivity index (χ3v) is 6.77. The van der Waals surface area contributed by atoms with Crippen LogP contribution in [0, 0.1) is 0 Å². The van der Waals surface area contributed by atoms with E-state index < -0.39 is 17.8 Å². The SMILES string of the molecule is C=CCOC(=O)Nc1cc(Cl)cc(CN(C(=O)OC(C)(C)C)c2cc(N3CCOCC3)cc(COC3CCCCO3)n2)c1. The fourth-order valence-corrected chi connectivity index (χ4v) is 4.89. The average Bonchev–Trinajstić information content (AvgIpc) is 2.97. The molecule has 0 aliphatic carbocycles. The van der Waals surface area contributed by atoms with E-state index in [0.717, 1.165) is 24.9 Å². The number of hydrogen-bond donors (Lipinski definition) is 1. The number of aromatic nitrogens is 1. The Hall–Kier alpha value is -3.38. The Labute approximate surface area is 258 Å². The van der Waals surface area contributed by atoms with Crippen molar-refractivity contribution in [1.29, 1.82) is 0 Å². The summed E-state index contributed by atoms with van der Waals surface area (Å²) in [6, 6.07) is 8.87. The zero-order valence-corrected chi connectivity index (χ0v) is 25.9. The van der Waals surface area contributed by atoms with Crippen LogP contribution in [0.2, 0.25) is 5.02 Å². The number of hydrogen-bond acceptors (Lipinski definition) is 9. The van der Waals surface area contributed by atoms with Crippen molar-refractivity contribution in [1.82, 2.24) is 4.98 Å². The van der Waals surface area contributed by atoms with Crippen LogP contribution >= 0.6 is 11.6 Å². The van der Waals surface area contributed by atoms with E-state index >= 15 is 0 Å². The molecule has 0 spiro atoms. The van der Waals surface area contributed by atoms with Gasteiger partial charge in [0.05, 0.1) is 32.1 Å². The molecular weight excluding hydrogens is 576 g/mol. The van der Waals surface area contributed by atoms with E-state index in [1.165, 1.54) is 11.0 Å². The number of pyridine rings is 1. The molecule has 1 N–H and O–H groups in total. The average molecular weight is 617 g/mol. The second-order valence-corrected chi connectivity index (χ2v) is 11.7. The molecule has 1 atom stereocenters. The van der Waals surface area contributed by atoms with Crippen LogP contribution in [0.4, 0.5) is 26.8 Å². The number of nitrogens with one attached hydrogen (secondary N) is 1.